The average Bonchev–Trinajstić information content (AvgIpc) is 2.92. The first-order valence-corrected chi connectivity index (χ1v) is 9.66. The minimum atomic E-state index is -0.0937. The van der Waals surface area contributed by atoms with Crippen molar-refractivity contribution in [2.75, 3.05) is 31.5 Å². The molecule has 1 saturated heterocycles. The second-order valence-electron chi connectivity index (χ2n) is 8.46. The van der Waals surface area contributed by atoms with Crippen LogP contribution in [-0.2, 0) is 5.41 Å². The Morgan fingerprint density at radius 3 is 2.96 bits per heavy atom. The molecular formula is C21H27FN2. The monoisotopic (exact) mass is 326 g/mol. The number of hydrogen-bond acceptors (Lipinski definition) is 2. The molecule has 128 valence electrons. The van der Waals surface area contributed by atoms with Gasteiger partial charge < -0.3 is 10.2 Å². The molecule has 5 rings (SSSR count). The maximum atomic E-state index is 13.7. The zero-order valence-electron chi connectivity index (χ0n) is 14.3. The van der Waals surface area contributed by atoms with Gasteiger partial charge in [-0.2, -0.15) is 0 Å². The average molecular weight is 326 g/mol. The lowest BCUT2D eigenvalue weighted by Crippen LogP contribution is -2.49. The van der Waals surface area contributed by atoms with Crippen LogP contribution < -0.4 is 5.32 Å². The van der Waals surface area contributed by atoms with Crippen LogP contribution in [0.4, 0.5) is 10.1 Å². The van der Waals surface area contributed by atoms with E-state index in [2.05, 4.69) is 22.4 Å². The van der Waals surface area contributed by atoms with E-state index >= 15 is 0 Å². The maximum absolute atomic E-state index is 13.7. The van der Waals surface area contributed by atoms with Crippen molar-refractivity contribution in [2.45, 2.75) is 37.5 Å². The topological polar surface area (TPSA) is 15.3 Å². The van der Waals surface area contributed by atoms with Gasteiger partial charge in [0, 0.05) is 24.2 Å². The van der Waals surface area contributed by atoms with Crippen LogP contribution in [0.2, 0.25) is 0 Å². The van der Waals surface area contributed by atoms with E-state index in [4.69, 9.17) is 0 Å². The molecule has 1 unspecified atom stereocenters. The number of halogens is 1. The van der Waals surface area contributed by atoms with E-state index in [9.17, 15) is 4.39 Å². The minimum Gasteiger partial charge on any atom is -0.384 e. The Labute approximate surface area is 144 Å². The highest BCUT2D eigenvalue weighted by atomic mass is 19.1. The van der Waals surface area contributed by atoms with E-state index in [-0.39, 0.29) is 11.2 Å². The summed E-state index contributed by atoms with van der Waals surface area (Å²) in [7, 11) is 0. The van der Waals surface area contributed by atoms with Gasteiger partial charge >= 0.3 is 0 Å². The number of piperidine rings is 1. The summed E-state index contributed by atoms with van der Waals surface area (Å²) in [5.74, 6) is 2.62. The molecule has 2 nitrogen and oxygen atoms in total. The molecule has 1 saturated carbocycles. The van der Waals surface area contributed by atoms with Crippen molar-refractivity contribution in [3.63, 3.8) is 0 Å². The quantitative estimate of drug-likeness (QED) is 0.820. The minimum absolute atomic E-state index is 0.0937. The summed E-state index contributed by atoms with van der Waals surface area (Å²) >= 11 is 0. The van der Waals surface area contributed by atoms with Gasteiger partial charge in [-0.3, -0.25) is 0 Å². The number of fused-ring (bicyclic) bond motifs is 3. The molecule has 2 aliphatic carbocycles. The summed E-state index contributed by atoms with van der Waals surface area (Å²) in [6.45, 7) is 4.58. The number of benzene rings is 1. The third-order valence-corrected chi connectivity index (χ3v) is 7.23. The second kappa shape index (κ2) is 5.59. The molecule has 24 heavy (non-hydrogen) atoms. The van der Waals surface area contributed by atoms with E-state index < -0.39 is 0 Å². The van der Waals surface area contributed by atoms with Gasteiger partial charge in [0.05, 0.1) is 0 Å². The third kappa shape index (κ3) is 2.32. The predicted molar refractivity (Wildman–Crippen MR) is 95.7 cm³/mol. The Hall–Kier alpha value is -1.35. The van der Waals surface area contributed by atoms with E-state index in [1.54, 1.807) is 12.1 Å². The Morgan fingerprint density at radius 1 is 1.25 bits per heavy atom. The van der Waals surface area contributed by atoms with Gasteiger partial charge in [0.1, 0.15) is 5.82 Å². The van der Waals surface area contributed by atoms with Crippen molar-refractivity contribution in [1.82, 2.24) is 4.90 Å². The highest BCUT2D eigenvalue weighted by molar-refractivity contribution is 5.60. The lowest BCUT2D eigenvalue weighted by atomic mass is 9.61. The normalized spacial score (nSPS) is 33.6. The van der Waals surface area contributed by atoms with Crippen molar-refractivity contribution in [1.29, 1.82) is 0 Å². The molecule has 1 N–H and O–H groups in total. The molecule has 0 bridgehead atoms. The zero-order valence-corrected chi connectivity index (χ0v) is 14.3. The molecule has 3 atom stereocenters. The van der Waals surface area contributed by atoms with Gasteiger partial charge in [-0.1, -0.05) is 12.2 Å². The summed E-state index contributed by atoms with van der Waals surface area (Å²) in [5.41, 5.74) is 2.54. The fourth-order valence-electron chi connectivity index (χ4n) is 5.69. The first kappa shape index (κ1) is 14.9. The van der Waals surface area contributed by atoms with Crippen LogP contribution in [0.15, 0.2) is 30.4 Å². The number of rotatable bonds is 2. The van der Waals surface area contributed by atoms with E-state index in [0.29, 0.717) is 0 Å². The molecule has 1 aromatic rings. The molecule has 2 fully saturated rings. The number of nitrogens with one attached hydrogen (secondary N) is 1. The van der Waals surface area contributed by atoms with Crippen molar-refractivity contribution in [2.24, 2.45) is 17.8 Å². The molecule has 2 aliphatic heterocycles. The van der Waals surface area contributed by atoms with Crippen LogP contribution in [-0.4, -0.2) is 31.1 Å². The number of nitrogens with zero attached hydrogens (tertiary/aromatic N) is 1. The Morgan fingerprint density at radius 2 is 2.12 bits per heavy atom. The van der Waals surface area contributed by atoms with Gasteiger partial charge in [0.25, 0.3) is 0 Å². The van der Waals surface area contributed by atoms with E-state index in [1.807, 2.05) is 6.07 Å². The van der Waals surface area contributed by atoms with E-state index in [1.165, 1.54) is 31.4 Å². The zero-order chi connectivity index (χ0) is 16.1. The number of anilines is 1. The fraction of sp³-hybridized carbons (Fsp3) is 0.619. The molecule has 4 aliphatic rings. The van der Waals surface area contributed by atoms with Crippen LogP contribution in [0.25, 0.3) is 0 Å². The van der Waals surface area contributed by atoms with Gasteiger partial charge in [0.15, 0.2) is 0 Å². The summed E-state index contributed by atoms with van der Waals surface area (Å²) in [4.78, 5) is 2.67. The summed E-state index contributed by atoms with van der Waals surface area (Å²) < 4.78 is 13.7. The summed E-state index contributed by atoms with van der Waals surface area (Å²) in [5, 5.41) is 3.51. The SMILES string of the molecule is Fc1ccc2c(c1)C1(CCN(C[C@@H]3CC4CCC=C[C@@H]43)CC1)CN2. The highest BCUT2D eigenvalue weighted by Crippen LogP contribution is 2.48. The first-order chi connectivity index (χ1) is 11.7. The molecule has 0 aromatic heterocycles. The van der Waals surface area contributed by atoms with Crippen molar-refractivity contribution >= 4 is 5.69 Å². The van der Waals surface area contributed by atoms with Crippen LogP contribution >= 0.6 is 0 Å². The number of allylic oxidation sites excluding steroid dienone is 2. The molecule has 1 aromatic carbocycles. The second-order valence-corrected chi connectivity index (χ2v) is 8.46. The molecule has 0 amide bonds. The van der Waals surface area contributed by atoms with Gasteiger partial charge in [-0.25, -0.2) is 4.39 Å². The van der Waals surface area contributed by atoms with Crippen molar-refractivity contribution in [3.05, 3.63) is 41.7 Å². The van der Waals surface area contributed by atoms with Gasteiger partial charge in [-0.15, -0.1) is 0 Å². The molecule has 1 spiro atoms. The third-order valence-electron chi connectivity index (χ3n) is 7.23. The summed E-state index contributed by atoms with van der Waals surface area (Å²) in [6.07, 6.45) is 11.4. The van der Waals surface area contributed by atoms with Gasteiger partial charge in [0.2, 0.25) is 0 Å². The lowest BCUT2D eigenvalue weighted by Gasteiger charge is -2.49. The van der Waals surface area contributed by atoms with E-state index in [0.717, 1.165) is 55.9 Å². The number of likely N-dealkylation sites (tertiary alicyclic amines) is 1. The smallest absolute Gasteiger partial charge is 0.123 e. The molecule has 3 heteroatoms. The fourth-order valence-corrected chi connectivity index (χ4v) is 5.69. The first-order valence-electron chi connectivity index (χ1n) is 9.66. The molecule has 0 radical (unpaired) electrons. The Kier molecular flexibility index (Phi) is 3.48. The largest absolute Gasteiger partial charge is 0.384 e. The predicted octanol–water partition coefficient (Wildman–Crippen LogP) is 4.19. The maximum Gasteiger partial charge on any atom is 0.123 e. The molecular weight excluding hydrogens is 299 g/mol. The summed E-state index contributed by atoms with van der Waals surface area (Å²) in [6, 6.07) is 5.26. The number of hydrogen-bond donors (Lipinski definition) is 1. The standard InChI is InChI=1S/C21H27FN2/c22-17-5-6-20-19(12-17)21(14-23-20)7-9-24(10-8-21)13-16-11-15-3-1-2-4-18(15)16/h2,4-6,12,15-16,18,23H,1,3,7-11,13-14H2/t15?,16-,18-/m0/s1. The Bertz CT molecular complexity index is 660. The van der Waals surface area contributed by atoms with Crippen LogP contribution in [0, 0.1) is 23.6 Å². The van der Waals surface area contributed by atoms with Crippen LogP contribution in [0.1, 0.15) is 37.7 Å². The lowest BCUT2D eigenvalue weighted by molar-refractivity contribution is 0.0443. The molecule has 2 heterocycles. The van der Waals surface area contributed by atoms with Crippen molar-refractivity contribution in [3.8, 4) is 0 Å². The van der Waals surface area contributed by atoms with Crippen LogP contribution in [0.5, 0.6) is 0 Å². The van der Waals surface area contributed by atoms with Gasteiger partial charge in [-0.05, 0) is 86.7 Å². The van der Waals surface area contributed by atoms with Crippen LogP contribution in [0.3, 0.4) is 0 Å². The van der Waals surface area contributed by atoms with Crippen molar-refractivity contribution < 1.29 is 4.39 Å². The highest BCUT2D eigenvalue weighted by Gasteiger charge is 2.44. The Balaban J connectivity index is 1.24.